The number of halogens is 1. The second-order valence-electron chi connectivity index (χ2n) is 1.20. The average molecular weight is 260 g/mol. The van der Waals surface area contributed by atoms with Crippen molar-refractivity contribution in [2.45, 2.75) is 0 Å². The van der Waals surface area contributed by atoms with E-state index in [1.165, 1.54) is 0 Å². The van der Waals surface area contributed by atoms with Crippen LogP contribution in [-0.4, -0.2) is 19.1 Å². The van der Waals surface area contributed by atoms with E-state index in [9.17, 15) is 4.79 Å². The van der Waals surface area contributed by atoms with Crippen molar-refractivity contribution in [3.8, 4) is 0 Å². The number of hydrogen-bond acceptors (Lipinski definition) is 3. The van der Waals surface area contributed by atoms with Gasteiger partial charge in [0.15, 0.2) is 0 Å². The van der Waals surface area contributed by atoms with Crippen molar-refractivity contribution in [2.75, 3.05) is 13.1 Å². The molecule has 2 amide bonds. The van der Waals surface area contributed by atoms with Gasteiger partial charge in [-0.15, -0.1) is 0 Å². The Morgan fingerprint density at radius 3 is 2.40 bits per heavy atom. The molecular weight excluding hydrogens is 250 g/mol. The maximum absolute atomic E-state index is 9.88. The van der Waals surface area contributed by atoms with Crippen molar-refractivity contribution in [1.82, 2.24) is 10.9 Å². The van der Waals surface area contributed by atoms with Crippen molar-refractivity contribution in [3.05, 3.63) is 0 Å². The first kappa shape index (κ1) is 12.8. The number of amides is 2. The topological polar surface area (TPSA) is 93.2 Å². The van der Waals surface area contributed by atoms with E-state index in [1.54, 1.807) is 0 Å². The summed E-state index contributed by atoms with van der Waals surface area (Å²) in [5.41, 5.74) is 14.4. The standard InChI is InChI=1S/C3H10N4O.ClH.Pd/c4-1-2-6-7-3(5)8;;/h6H,1-2,4H2,(H3,5,7,8);1H;/q;;+1/p-1. The van der Waals surface area contributed by atoms with Crippen LogP contribution in [0.5, 0.6) is 0 Å². The third kappa shape index (κ3) is 15.7. The summed E-state index contributed by atoms with van der Waals surface area (Å²) >= 11 is 2.22. The molecule has 0 aliphatic carbocycles. The molecule has 0 bridgehead atoms. The Morgan fingerprint density at radius 2 is 2.10 bits per heavy atom. The molecule has 0 rings (SSSR count). The fraction of sp³-hybridized carbons (Fsp3) is 0.667. The number of primary amides is 1. The monoisotopic (exact) mass is 259 g/mol. The van der Waals surface area contributed by atoms with Crippen LogP contribution in [0, 0.1) is 0 Å². The molecule has 7 heteroatoms. The van der Waals surface area contributed by atoms with Gasteiger partial charge in [-0.25, -0.2) is 10.2 Å². The van der Waals surface area contributed by atoms with Crippen LogP contribution in [0.1, 0.15) is 0 Å². The zero-order valence-electron chi connectivity index (χ0n) is 5.17. The van der Waals surface area contributed by atoms with E-state index in [0.717, 1.165) is 0 Å². The van der Waals surface area contributed by atoms with Crippen molar-refractivity contribution in [2.24, 2.45) is 11.5 Å². The molecule has 0 radical (unpaired) electrons. The van der Waals surface area contributed by atoms with Crippen molar-refractivity contribution >= 4 is 15.6 Å². The third-order valence-electron chi connectivity index (χ3n) is 0.481. The van der Waals surface area contributed by atoms with E-state index < -0.39 is 6.03 Å². The number of carbonyl (C=O) groups excluding carboxylic acids is 1. The average Bonchev–Trinajstić information content (AvgIpc) is 1.92. The van der Waals surface area contributed by atoms with Crippen LogP contribution >= 0.6 is 9.53 Å². The van der Waals surface area contributed by atoms with E-state index in [-0.39, 0.29) is 0 Å². The Kier molecular flexibility index (Phi) is 15.2. The second-order valence-corrected chi connectivity index (χ2v) is 1.20. The molecule has 6 N–H and O–H groups in total. The van der Waals surface area contributed by atoms with Gasteiger partial charge in [-0.1, -0.05) is 0 Å². The molecule has 65 valence electrons. The first-order valence-corrected chi connectivity index (χ1v) is 4.38. The number of rotatable bonds is 3. The van der Waals surface area contributed by atoms with E-state index in [0.29, 0.717) is 13.1 Å². The van der Waals surface area contributed by atoms with Gasteiger partial charge in [-0.2, -0.15) is 0 Å². The van der Waals surface area contributed by atoms with Gasteiger partial charge in [0.1, 0.15) is 0 Å². The van der Waals surface area contributed by atoms with Crippen LogP contribution in [0.15, 0.2) is 0 Å². The number of nitrogens with two attached hydrogens (primary N) is 2. The van der Waals surface area contributed by atoms with E-state index in [1.807, 2.05) is 0 Å². The van der Waals surface area contributed by atoms with Gasteiger partial charge < -0.3 is 11.5 Å². The van der Waals surface area contributed by atoms with Crippen LogP contribution in [0.2, 0.25) is 0 Å². The van der Waals surface area contributed by atoms with E-state index >= 15 is 0 Å². The van der Waals surface area contributed by atoms with Gasteiger partial charge in [0, 0.05) is 13.1 Å². The summed E-state index contributed by atoms with van der Waals surface area (Å²) in [6.07, 6.45) is 0. The number of hydrazine groups is 1. The molecule has 0 spiro atoms. The molecule has 0 fully saturated rings. The molecule has 0 aromatic rings. The minimum atomic E-state index is -0.599. The molecule has 10 heavy (non-hydrogen) atoms. The molecule has 0 saturated heterocycles. The van der Waals surface area contributed by atoms with Gasteiger partial charge >= 0.3 is 33.7 Å². The molecular formula is C3H10ClN4OPd. The Bertz CT molecular complexity index is 82.9. The van der Waals surface area contributed by atoms with Crippen molar-refractivity contribution in [1.29, 1.82) is 0 Å². The SMILES string of the molecule is NCCNNC(N)=O.[Cl][Pd]. The van der Waals surface area contributed by atoms with Crippen LogP contribution in [-0.2, 0) is 18.2 Å². The van der Waals surface area contributed by atoms with Gasteiger partial charge in [0.05, 0.1) is 0 Å². The van der Waals surface area contributed by atoms with Crippen LogP contribution in [0.4, 0.5) is 4.79 Å². The molecule has 5 nitrogen and oxygen atoms in total. The molecule has 0 heterocycles. The zero-order valence-corrected chi connectivity index (χ0v) is 7.48. The van der Waals surface area contributed by atoms with Crippen LogP contribution in [0.3, 0.4) is 0 Å². The summed E-state index contributed by atoms with van der Waals surface area (Å²) in [7, 11) is 4.49. The number of hydrogen-bond donors (Lipinski definition) is 4. The van der Waals surface area contributed by atoms with E-state index in [2.05, 4.69) is 44.3 Å². The molecule has 0 aliphatic rings. The summed E-state index contributed by atoms with van der Waals surface area (Å²) in [5.74, 6) is 0. The maximum atomic E-state index is 9.88. The first-order chi connectivity index (χ1) is 4.77. The van der Waals surface area contributed by atoms with Crippen LogP contribution < -0.4 is 22.3 Å². The van der Waals surface area contributed by atoms with Crippen molar-refractivity contribution in [3.63, 3.8) is 0 Å². The Hall–Kier alpha value is 0.142. The molecule has 0 saturated carbocycles. The molecule has 0 aliphatic heterocycles. The Morgan fingerprint density at radius 1 is 1.60 bits per heavy atom. The summed E-state index contributed by atoms with van der Waals surface area (Å²) in [4.78, 5) is 9.88. The van der Waals surface area contributed by atoms with Gasteiger partial charge in [0.25, 0.3) is 0 Å². The predicted octanol–water partition coefficient (Wildman–Crippen LogP) is -1.20. The van der Waals surface area contributed by atoms with Crippen molar-refractivity contribution < 1.29 is 23.0 Å². The Labute approximate surface area is 74.2 Å². The molecule has 0 atom stereocenters. The zero-order chi connectivity index (χ0) is 8.41. The number of urea groups is 1. The molecule has 0 aromatic heterocycles. The van der Waals surface area contributed by atoms with Gasteiger partial charge in [-0.05, 0) is 0 Å². The molecule has 0 unspecified atom stereocenters. The summed E-state index contributed by atoms with van der Waals surface area (Å²) in [5, 5.41) is 0. The Balaban J connectivity index is 0. The third-order valence-corrected chi connectivity index (χ3v) is 0.481. The fourth-order valence-electron chi connectivity index (χ4n) is 0.222. The number of carbonyl (C=O) groups is 1. The fourth-order valence-corrected chi connectivity index (χ4v) is 0.222. The number of nitrogens with one attached hydrogen (secondary N) is 2. The summed E-state index contributed by atoms with van der Waals surface area (Å²) < 4.78 is 0. The molecule has 0 aromatic carbocycles. The predicted molar refractivity (Wildman–Crippen MR) is 35.6 cm³/mol. The second kappa shape index (κ2) is 11.9. The normalized spacial score (nSPS) is 7.60. The first-order valence-electron chi connectivity index (χ1n) is 2.37. The minimum absolute atomic E-state index is 0.472. The quantitative estimate of drug-likeness (QED) is 0.292. The van der Waals surface area contributed by atoms with Gasteiger partial charge in [0.2, 0.25) is 0 Å². The van der Waals surface area contributed by atoms with Crippen LogP contribution in [0.25, 0.3) is 0 Å². The van der Waals surface area contributed by atoms with Gasteiger partial charge in [-0.3, -0.25) is 5.43 Å². The summed E-state index contributed by atoms with van der Waals surface area (Å²) in [6.45, 7) is 1.00. The summed E-state index contributed by atoms with van der Waals surface area (Å²) in [6, 6.07) is -0.599. The van der Waals surface area contributed by atoms with E-state index in [4.69, 9.17) is 5.73 Å².